The second-order valence-electron chi connectivity index (χ2n) is 6.30. The van der Waals surface area contributed by atoms with Gasteiger partial charge < -0.3 is 14.8 Å². The minimum Gasteiger partial charge on any atom is -0.375 e. The number of aromatic nitrogens is 2. The smallest absolute Gasteiger partial charge is 0.251 e. The van der Waals surface area contributed by atoms with Crippen molar-refractivity contribution in [2.45, 2.75) is 13.0 Å². The van der Waals surface area contributed by atoms with Crippen molar-refractivity contribution in [2.75, 3.05) is 25.0 Å². The maximum atomic E-state index is 12.2. The van der Waals surface area contributed by atoms with E-state index < -0.39 is 0 Å². The molecular weight excluding hydrogens is 324 g/mol. The first-order chi connectivity index (χ1) is 12.7. The normalized spacial score (nSPS) is 10.5. The fourth-order valence-corrected chi connectivity index (χ4v) is 2.78. The number of amides is 1. The molecule has 0 saturated carbocycles. The molecule has 1 N–H and O–H groups in total. The molecule has 0 spiro atoms. The lowest BCUT2D eigenvalue weighted by Crippen LogP contribution is -2.28. The van der Waals surface area contributed by atoms with Crippen LogP contribution in [0, 0.1) is 0 Å². The van der Waals surface area contributed by atoms with Crippen LogP contribution in [0.15, 0.2) is 73.3 Å². The summed E-state index contributed by atoms with van der Waals surface area (Å²) in [6, 6.07) is 18.0. The number of hydrogen-bond acceptors (Lipinski definition) is 3. The Balaban J connectivity index is 1.42. The van der Waals surface area contributed by atoms with Gasteiger partial charge in [-0.2, -0.15) is 0 Å². The van der Waals surface area contributed by atoms with Gasteiger partial charge >= 0.3 is 0 Å². The van der Waals surface area contributed by atoms with Gasteiger partial charge in [0.05, 0.1) is 6.33 Å². The summed E-state index contributed by atoms with van der Waals surface area (Å²) in [5.41, 5.74) is 3.02. The van der Waals surface area contributed by atoms with Crippen molar-refractivity contribution in [1.82, 2.24) is 14.9 Å². The molecule has 0 fully saturated rings. The maximum absolute atomic E-state index is 12.2. The summed E-state index contributed by atoms with van der Waals surface area (Å²) < 4.78 is 2.00. The SMILES string of the molecule is CN(CCCNC(=O)c1ccc(Cn2ccnc2)cc1)c1ccccc1. The first-order valence-electron chi connectivity index (χ1n) is 8.81. The van der Waals surface area contributed by atoms with Crippen molar-refractivity contribution in [1.29, 1.82) is 0 Å². The van der Waals surface area contributed by atoms with Crippen LogP contribution in [0.25, 0.3) is 0 Å². The van der Waals surface area contributed by atoms with E-state index in [-0.39, 0.29) is 5.91 Å². The molecule has 0 aliphatic heterocycles. The largest absolute Gasteiger partial charge is 0.375 e. The van der Waals surface area contributed by atoms with Crippen molar-refractivity contribution in [3.05, 3.63) is 84.4 Å². The van der Waals surface area contributed by atoms with Gasteiger partial charge in [0.2, 0.25) is 0 Å². The third-order valence-corrected chi connectivity index (χ3v) is 4.29. The standard InChI is InChI=1S/C21H24N4O/c1-24(20-6-3-2-4-7-20)14-5-12-23-21(26)19-10-8-18(9-11-19)16-25-15-13-22-17-25/h2-4,6-11,13,15,17H,5,12,14,16H2,1H3,(H,23,26). The highest BCUT2D eigenvalue weighted by atomic mass is 16.1. The predicted molar refractivity (Wildman–Crippen MR) is 104 cm³/mol. The maximum Gasteiger partial charge on any atom is 0.251 e. The lowest BCUT2D eigenvalue weighted by atomic mass is 10.1. The number of hydrogen-bond donors (Lipinski definition) is 1. The molecule has 3 rings (SSSR count). The number of rotatable bonds is 8. The van der Waals surface area contributed by atoms with Crippen LogP contribution >= 0.6 is 0 Å². The van der Waals surface area contributed by atoms with E-state index >= 15 is 0 Å². The van der Waals surface area contributed by atoms with E-state index in [2.05, 4.69) is 34.4 Å². The van der Waals surface area contributed by atoms with Gasteiger partial charge in [-0.1, -0.05) is 30.3 Å². The number of carbonyl (C=O) groups excluding carboxylic acids is 1. The number of para-hydroxylation sites is 1. The average Bonchev–Trinajstić information content (AvgIpc) is 3.19. The van der Waals surface area contributed by atoms with Crippen molar-refractivity contribution in [3.63, 3.8) is 0 Å². The Labute approximate surface area is 154 Å². The van der Waals surface area contributed by atoms with Gasteiger partial charge in [0.25, 0.3) is 5.91 Å². The fourth-order valence-electron chi connectivity index (χ4n) is 2.78. The molecular formula is C21H24N4O. The van der Waals surface area contributed by atoms with Crippen LogP contribution in [0.5, 0.6) is 0 Å². The highest BCUT2D eigenvalue weighted by molar-refractivity contribution is 5.94. The molecule has 1 aromatic heterocycles. The predicted octanol–water partition coefficient (Wildman–Crippen LogP) is 3.19. The van der Waals surface area contributed by atoms with Crippen LogP contribution in [0.2, 0.25) is 0 Å². The van der Waals surface area contributed by atoms with E-state index in [1.807, 2.05) is 53.2 Å². The first kappa shape index (κ1) is 17.7. The quantitative estimate of drug-likeness (QED) is 0.636. The number of carbonyl (C=O) groups is 1. The Bertz CT molecular complexity index is 798. The molecule has 0 unspecified atom stereocenters. The van der Waals surface area contributed by atoms with Crippen LogP contribution in [0.4, 0.5) is 5.69 Å². The first-order valence-corrected chi connectivity index (χ1v) is 8.81. The molecule has 5 heteroatoms. The molecule has 0 radical (unpaired) electrons. The van der Waals surface area contributed by atoms with Gasteiger partial charge in [0, 0.05) is 50.3 Å². The lowest BCUT2D eigenvalue weighted by molar-refractivity contribution is 0.0953. The van der Waals surface area contributed by atoms with Crippen molar-refractivity contribution < 1.29 is 4.79 Å². The van der Waals surface area contributed by atoms with Crippen LogP contribution in [0.3, 0.4) is 0 Å². The molecule has 1 heterocycles. The zero-order valence-corrected chi connectivity index (χ0v) is 15.0. The monoisotopic (exact) mass is 348 g/mol. The number of nitrogens with zero attached hydrogens (tertiary/aromatic N) is 3. The zero-order valence-electron chi connectivity index (χ0n) is 15.0. The molecule has 5 nitrogen and oxygen atoms in total. The Morgan fingerprint density at radius 2 is 1.88 bits per heavy atom. The van der Waals surface area contributed by atoms with Gasteiger partial charge in [0.15, 0.2) is 0 Å². The van der Waals surface area contributed by atoms with Crippen LogP contribution in [0.1, 0.15) is 22.3 Å². The zero-order chi connectivity index (χ0) is 18.2. The van der Waals surface area contributed by atoms with Gasteiger partial charge in [0.1, 0.15) is 0 Å². The van der Waals surface area contributed by atoms with Crippen LogP contribution in [-0.4, -0.2) is 35.6 Å². The van der Waals surface area contributed by atoms with E-state index in [0.717, 1.165) is 25.1 Å². The molecule has 26 heavy (non-hydrogen) atoms. The number of imidazole rings is 1. The van der Waals surface area contributed by atoms with E-state index in [1.165, 1.54) is 5.69 Å². The average molecular weight is 348 g/mol. The van der Waals surface area contributed by atoms with Gasteiger partial charge in [-0.05, 0) is 36.2 Å². The minimum atomic E-state index is -0.0263. The second kappa shape index (κ2) is 8.85. The summed E-state index contributed by atoms with van der Waals surface area (Å²) in [7, 11) is 2.07. The Kier molecular flexibility index (Phi) is 6.04. The third kappa shape index (κ3) is 4.96. The van der Waals surface area contributed by atoms with Crippen LogP contribution in [-0.2, 0) is 6.54 Å². The number of benzene rings is 2. The molecule has 2 aromatic carbocycles. The number of anilines is 1. The van der Waals surface area contributed by atoms with Gasteiger partial charge in [-0.15, -0.1) is 0 Å². The molecule has 3 aromatic rings. The summed E-state index contributed by atoms with van der Waals surface area (Å²) in [5, 5.41) is 2.99. The van der Waals surface area contributed by atoms with E-state index in [0.29, 0.717) is 12.1 Å². The summed E-state index contributed by atoms with van der Waals surface area (Å²) in [6.07, 6.45) is 6.37. The molecule has 0 bridgehead atoms. The summed E-state index contributed by atoms with van der Waals surface area (Å²) in [6.45, 7) is 2.31. The topological polar surface area (TPSA) is 50.2 Å². The van der Waals surface area contributed by atoms with Crippen LogP contribution < -0.4 is 10.2 Å². The van der Waals surface area contributed by atoms with Crippen molar-refractivity contribution in [2.24, 2.45) is 0 Å². The van der Waals surface area contributed by atoms with Gasteiger partial charge in [-0.3, -0.25) is 4.79 Å². The molecule has 1 amide bonds. The van der Waals surface area contributed by atoms with Crippen molar-refractivity contribution in [3.8, 4) is 0 Å². The highest BCUT2D eigenvalue weighted by Crippen LogP contribution is 2.11. The fraction of sp³-hybridized carbons (Fsp3) is 0.238. The summed E-state index contributed by atoms with van der Waals surface area (Å²) >= 11 is 0. The molecule has 0 aliphatic rings. The lowest BCUT2D eigenvalue weighted by Gasteiger charge is -2.19. The Morgan fingerprint density at radius 3 is 2.58 bits per heavy atom. The Morgan fingerprint density at radius 1 is 1.12 bits per heavy atom. The van der Waals surface area contributed by atoms with Crippen molar-refractivity contribution >= 4 is 11.6 Å². The second-order valence-corrected chi connectivity index (χ2v) is 6.30. The van der Waals surface area contributed by atoms with E-state index in [9.17, 15) is 4.79 Å². The molecule has 134 valence electrons. The Hall–Kier alpha value is -3.08. The third-order valence-electron chi connectivity index (χ3n) is 4.29. The summed E-state index contributed by atoms with van der Waals surface area (Å²) in [5.74, 6) is -0.0263. The summed E-state index contributed by atoms with van der Waals surface area (Å²) in [4.78, 5) is 18.5. The minimum absolute atomic E-state index is 0.0263. The number of nitrogens with one attached hydrogen (secondary N) is 1. The highest BCUT2D eigenvalue weighted by Gasteiger charge is 2.06. The van der Waals surface area contributed by atoms with E-state index in [1.54, 1.807) is 12.5 Å². The molecule has 0 saturated heterocycles. The van der Waals surface area contributed by atoms with E-state index in [4.69, 9.17) is 0 Å². The molecule has 0 atom stereocenters. The molecule has 0 aliphatic carbocycles. The van der Waals surface area contributed by atoms with Gasteiger partial charge in [-0.25, -0.2) is 4.98 Å².